The van der Waals surface area contributed by atoms with E-state index in [9.17, 15) is 9.59 Å². The van der Waals surface area contributed by atoms with Crippen molar-refractivity contribution >= 4 is 29.3 Å². The summed E-state index contributed by atoms with van der Waals surface area (Å²) in [5, 5.41) is 5.87. The van der Waals surface area contributed by atoms with Gasteiger partial charge in [0, 0.05) is 5.75 Å². The van der Waals surface area contributed by atoms with E-state index in [0.29, 0.717) is 17.0 Å². The summed E-state index contributed by atoms with van der Waals surface area (Å²) in [5.41, 5.74) is 3.19. The summed E-state index contributed by atoms with van der Waals surface area (Å²) in [4.78, 5) is 25.1. The van der Waals surface area contributed by atoms with E-state index in [1.807, 2.05) is 73.7 Å². The number of thioether (sulfide) groups is 1. The fraction of sp³-hybridized carbons (Fsp3) is 0.167. The van der Waals surface area contributed by atoms with Gasteiger partial charge in [-0.05, 0) is 30.2 Å². The summed E-state index contributed by atoms with van der Waals surface area (Å²) in [7, 11) is 0. The molecule has 0 radical (unpaired) electrons. The Kier molecular flexibility index (Phi) is 7.47. The van der Waals surface area contributed by atoms with Crippen molar-refractivity contribution in [2.45, 2.75) is 18.7 Å². The van der Waals surface area contributed by atoms with E-state index in [4.69, 9.17) is 0 Å². The van der Waals surface area contributed by atoms with E-state index in [0.717, 1.165) is 11.3 Å². The lowest BCUT2D eigenvalue weighted by Gasteiger charge is -2.16. The van der Waals surface area contributed by atoms with Crippen LogP contribution >= 0.6 is 11.8 Å². The lowest BCUT2D eigenvalue weighted by atomic mass is 10.1. The zero-order valence-corrected chi connectivity index (χ0v) is 17.1. The second-order valence-electron chi connectivity index (χ2n) is 6.68. The van der Waals surface area contributed by atoms with Crippen LogP contribution in [0.5, 0.6) is 0 Å². The molecule has 0 heterocycles. The Morgan fingerprint density at radius 1 is 0.862 bits per heavy atom. The molecule has 2 amide bonds. The Bertz CT molecular complexity index is 945. The van der Waals surface area contributed by atoms with Crippen molar-refractivity contribution in [3.8, 4) is 0 Å². The quantitative estimate of drug-likeness (QED) is 0.552. The van der Waals surface area contributed by atoms with Crippen LogP contribution in [0.3, 0.4) is 0 Å². The van der Waals surface area contributed by atoms with Crippen LogP contribution in [0.25, 0.3) is 0 Å². The first-order valence-electron chi connectivity index (χ1n) is 9.50. The molecule has 0 saturated carbocycles. The van der Waals surface area contributed by atoms with Gasteiger partial charge in [0.2, 0.25) is 5.91 Å². The predicted octanol–water partition coefficient (Wildman–Crippen LogP) is 5.05. The zero-order chi connectivity index (χ0) is 20.5. The van der Waals surface area contributed by atoms with E-state index in [1.165, 1.54) is 5.56 Å². The summed E-state index contributed by atoms with van der Waals surface area (Å²) < 4.78 is 0. The predicted molar refractivity (Wildman–Crippen MR) is 120 cm³/mol. The molecule has 0 spiro atoms. The molecule has 0 aromatic heterocycles. The molecule has 0 fully saturated rings. The highest BCUT2D eigenvalue weighted by molar-refractivity contribution is 7.99. The molecule has 0 bridgehead atoms. The van der Waals surface area contributed by atoms with Gasteiger partial charge in [-0.2, -0.15) is 0 Å². The highest BCUT2D eigenvalue weighted by Crippen LogP contribution is 2.19. The van der Waals surface area contributed by atoms with Gasteiger partial charge in [0.1, 0.15) is 0 Å². The third-order valence-corrected chi connectivity index (χ3v) is 5.44. The Morgan fingerprint density at radius 3 is 2.21 bits per heavy atom. The van der Waals surface area contributed by atoms with Gasteiger partial charge < -0.3 is 10.6 Å². The largest absolute Gasteiger partial charge is 0.345 e. The van der Waals surface area contributed by atoms with Crippen molar-refractivity contribution in [3.63, 3.8) is 0 Å². The average Bonchev–Trinajstić information content (AvgIpc) is 2.75. The first-order chi connectivity index (χ1) is 14.1. The monoisotopic (exact) mass is 404 g/mol. The van der Waals surface area contributed by atoms with Gasteiger partial charge >= 0.3 is 0 Å². The van der Waals surface area contributed by atoms with Crippen molar-refractivity contribution < 1.29 is 9.59 Å². The number of rotatable bonds is 8. The van der Waals surface area contributed by atoms with Crippen LogP contribution < -0.4 is 10.6 Å². The molecule has 0 unspecified atom stereocenters. The third kappa shape index (κ3) is 6.22. The van der Waals surface area contributed by atoms with Gasteiger partial charge in [-0.3, -0.25) is 9.59 Å². The van der Waals surface area contributed by atoms with Crippen molar-refractivity contribution in [2.75, 3.05) is 11.1 Å². The highest BCUT2D eigenvalue weighted by atomic mass is 32.2. The highest BCUT2D eigenvalue weighted by Gasteiger charge is 2.16. The normalized spacial score (nSPS) is 11.5. The Labute approximate surface area is 175 Å². The van der Waals surface area contributed by atoms with Crippen LogP contribution in [0, 0.1) is 0 Å². The number of carbonyl (C=O) groups is 2. The topological polar surface area (TPSA) is 58.2 Å². The molecule has 0 aliphatic rings. The maximum atomic E-state index is 12.8. The number of benzene rings is 3. The molecule has 148 valence electrons. The lowest BCUT2D eigenvalue weighted by molar-refractivity contribution is -0.113. The van der Waals surface area contributed by atoms with Gasteiger partial charge in [0.05, 0.1) is 23.0 Å². The molecular formula is C24H24N2O2S. The van der Waals surface area contributed by atoms with Crippen LogP contribution in [0.1, 0.15) is 34.5 Å². The van der Waals surface area contributed by atoms with Crippen LogP contribution in [-0.2, 0) is 10.5 Å². The minimum atomic E-state index is -0.214. The molecule has 3 aromatic rings. The number of para-hydroxylation sites is 1. The van der Waals surface area contributed by atoms with Gasteiger partial charge in [-0.1, -0.05) is 72.8 Å². The molecule has 0 aliphatic heterocycles. The number of amides is 2. The molecule has 0 saturated heterocycles. The second kappa shape index (κ2) is 10.5. The number of anilines is 1. The molecule has 3 aromatic carbocycles. The molecule has 2 N–H and O–H groups in total. The lowest BCUT2D eigenvalue weighted by Crippen LogP contribution is -2.28. The van der Waals surface area contributed by atoms with Crippen LogP contribution in [-0.4, -0.2) is 17.6 Å². The first kappa shape index (κ1) is 20.7. The maximum absolute atomic E-state index is 12.8. The summed E-state index contributed by atoms with van der Waals surface area (Å²) in [6.07, 6.45) is 0. The Hall–Kier alpha value is -3.05. The summed E-state index contributed by atoms with van der Waals surface area (Å²) in [6.45, 7) is 1.94. The van der Waals surface area contributed by atoms with E-state index in [2.05, 4.69) is 10.6 Å². The van der Waals surface area contributed by atoms with Crippen molar-refractivity contribution in [2.24, 2.45) is 0 Å². The summed E-state index contributed by atoms with van der Waals surface area (Å²) in [5.74, 6) is 0.757. The van der Waals surface area contributed by atoms with E-state index in [1.54, 1.807) is 30.0 Å². The van der Waals surface area contributed by atoms with Crippen molar-refractivity contribution in [1.82, 2.24) is 5.32 Å². The van der Waals surface area contributed by atoms with Gasteiger partial charge in [0.15, 0.2) is 0 Å². The molecule has 4 nitrogen and oxygen atoms in total. The summed E-state index contributed by atoms with van der Waals surface area (Å²) in [6, 6.07) is 26.8. The molecule has 3 rings (SSSR count). The minimum Gasteiger partial charge on any atom is -0.345 e. The minimum absolute atomic E-state index is 0.123. The average molecular weight is 405 g/mol. The van der Waals surface area contributed by atoms with Crippen LogP contribution in [0.15, 0.2) is 84.9 Å². The van der Waals surface area contributed by atoms with Gasteiger partial charge in [-0.15, -0.1) is 11.8 Å². The first-order valence-corrected chi connectivity index (χ1v) is 10.7. The molecular weight excluding hydrogens is 380 g/mol. The van der Waals surface area contributed by atoms with Crippen molar-refractivity contribution in [1.29, 1.82) is 0 Å². The maximum Gasteiger partial charge on any atom is 0.253 e. The molecule has 1 atom stereocenters. The smallest absolute Gasteiger partial charge is 0.253 e. The number of hydrogen-bond donors (Lipinski definition) is 2. The van der Waals surface area contributed by atoms with E-state index >= 15 is 0 Å². The fourth-order valence-electron chi connectivity index (χ4n) is 2.91. The molecule has 29 heavy (non-hydrogen) atoms. The standard InChI is InChI=1S/C24H24N2O2S/c1-18(20-12-6-3-7-13-20)25-24(28)21-14-8-9-15-22(21)26-23(27)17-29-16-19-10-4-2-5-11-19/h2-15,18H,16-17H2,1H3,(H,25,28)(H,26,27)/t18-/m0/s1. The molecule has 5 heteroatoms. The Morgan fingerprint density at radius 2 is 1.48 bits per heavy atom. The molecule has 0 aliphatic carbocycles. The van der Waals surface area contributed by atoms with Crippen LogP contribution in [0.4, 0.5) is 5.69 Å². The number of hydrogen-bond acceptors (Lipinski definition) is 3. The van der Waals surface area contributed by atoms with Crippen LogP contribution in [0.2, 0.25) is 0 Å². The fourth-order valence-corrected chi connectivity index (χ4v) is 3.70. The van der Waals surface area contributed by atoms with E-state index in [-0.39, 0.29) is 17.9 Å². The number of nitrogens with one attached hydrogen (secondary N) is 2. The summed E-state index contributed by atoms with van der Waals surface area (Å²) >= 11 is 1.54. The van der Waals surface area contributed by atoms with Gasteiger partial charge in [0.25, 0.3) is 5.91 Å². The Balaban J connectivity index is 1.57. The van der Waals surface area contributed by atoms with E-state index < -0.39 is 0 Å². The van der Waals surface area contributed by atoms with Crippen molar-refractivity contribution in [3.05, 3.63) is 102 Å². The zero-order valence-electron chi connectivity index (χ0n) is 16.3. The SMILES string of the molecule is C[C@H](NC(=O)c1ccccc1NC(=O)CSCc1ccccc1)c1ccccc1. The third-order valence-electron chi connectivity index (χ3n) is 4.44. The second-order valence-corrected chi connectivity index (χ2v) is 7.66. The van der Waals surface area contributed by atoms with Gasteiger partial charge in [-0.25, -0.2) is 0 Å². The number of carbonyl (C=O) groups excluding carboxylic acids is 2.